The van der Waals surface area contributed by atoms with E-state index in [-0.39, 0.29) is 50.3 Å². The Morgan fingerprint density at radius 3 is 1.16 bits per heavy atom. The molecule has 32 heavy (non-hydrogen) atoms. The fraction of sp³-hybridized carbons (Fsp3) is 0.900. The van der Waals surface area contributed by atoms with Gasteiger partial charge in [-0.25, -0.2) is 0 Å². The first-order valence-electron chi connectivity index (χ1n) is 11.3. The lowest BCUT2D eigenvalue weighted by molar-refractivity contribution is -0.145. The molecule has 0 unspecified atom stereocenters. The van der Waals surface area contributed by atoms with Crippen molar-refractivity contribution in [3.8, 4) is 0 Å². The topological polar surface area (TPSA) is 124 Å². The molecule has 10 nitrogen and oxygen atoms in total. The number of ether oxygens (including phenoxy) is 2. The van der Waals surface area contributed by atoms with Gasteiger partial charge in [-0.2, -0.15) is 0 Å². The van der Waals surface area contributed by atoms with E-state index in [1.165, 1.54) is 0 Å². The molecule has 0 fully saturated rings. The van der Waals surface area contributed by atoms with Crippen LogP contribution >= 0.6 is 15.2 Å². The van der Waals surface area contributed by atoms with E-state index >= 15 is 0 Å². The van der Waals surface area contributed by atoms with Gasteiger partial charge in [0.2, 0.25) is 0 Å². The van der Waals surface area contributed by atoms with Crippen LogP contribution in [0.15, 0.2) is 0 Å². The zero-order valence-corrected chi connectivity index (χ0v) is 21.7. The maximum atomic E-state index is 12.3. The summed E-state index contributed by atoms with van der Waals surface area (Å²) in [5, 5.41) is 0. The van der Waals surface area contributed by atoms with Crippen molar-refractivity contribution in [2.45, 2.75) is 66.2 Å². The Kier molecular flexibility index (Phi) is 18.2. The van der Waals surface area contributed by atoms with Crippen molar-refractivity contribution in [3.05, 3.63) is 0 Å². The van der Waals surface area contributed by atoms with E-state index < -0.39 is 15.2 Å². The van der Waals surface area contributed by atoms with Crippen LogP contribution in [0.2, 0.25) is 0 Å². The molecule has 0 atom stereocenters. The standard InChI is InChI=1S/C20H40O10P2/c1-5-27-31(23,28-6-2)17-11-15-25-19(21)13-9-10-14-20(22)26-16-12-18-32(24,29-7-3)30-8-4/h5-18H2,1-4H3. The number of carbonyl (C=O) groups is 2. The van der Waals surface area contributed by atoms with E-state index in [4.69, 9.17) is 27.6 Å². The van der Waals surface area contributed by atoms with Crippen molar-refractivity contribution < 1.29 is 46.3 Å². The third kappa shape index (κ3) is 15.9. The lowest BCUT2D eigenvalue weighted by Gasteiger charge is -2.16. The molecular weight excluding hydrogens is 462 g/mol. The minimum absolute atomic E-state index is 0.137. The Balaban J connectivity index is 3.85. The lowest BCUT2D eigenvalue weighted by atomic mass is 10.2. The van der Waals surface area contributed by atoms with Gasteiger partial charge in [0.1, 0.15) is 0 Å². The second-order valence-corrected chi connectivity index (χ2v) is 11.1. The van der Waals surface area contributed by atoms with Crippen LogP contribution in [0.25, 0.3) is 0 Å². The van der Waals surface area contributed by atoms with Gasteiger partial charge in [-0.05, 0) is 53.4 Å². The van der Waals surface area contributed by atoms with E-state index in [0.29, 0.717) is 52.1 Å². The van der Waals surface area contributed by atoms with E-state index in [0.717, 1.165) is 0 Å². The van der Waals surface area contributed by atoms with Gasteiger partial charge in [0.05, 0.1) is 52.0 Å². The minimum Gasteiger partial charge on any atom is -0.466 e. The summed E-state index contributed by atoms with van der Waals surface area (Å²) in [5.74, 6) is -0.743. The summed E-state index contributed by atoms with van der Waals surface area (Å²) in [6, 6.07) is 0. The quantitative estimate of drug-likeness (QED) is 0.121. The second kappa shape index (κ2) is 18.6. The fourth-order valence-corrected chi connectivity index (χ4v) is 5.96. The summed E-state index contributed by atoms with van der Waals surface area (Å²) in [7, 11) is -6.23. The second-order valence-electron chi connectivity index (χ2n) is 6.70. The molecule has 0 heterocycles. The van der Waals surface area contributed by atoms with Gasteiger partial charge in [0.25, 0.3) is 0 Å². The molecule has 190 valence electrons. The fourth-order valence-electron chi connectivity index (χ4n) is 2.69. The predicted molar refractivity (Wildman–Crippen MR) is 121 cm³/mol. The summed E-state index contributed by atoms with van der Waals surface area (Å²) >= 11 is 0. The molecule has 0 spiro atoms. The lowest BCUT2D eigenvalue weighted by Crippen LogP contribution is -2.10. The largest absolute Gasteiger partial charge is 0.466 e. The molecule has 0 rings (SSSR count). The van der Waals surface area contributed by atoms with Gasteiger partial charge in [-0.3, -0.25) is 18.7 Å². The molecule has 0 aromatic heterocycles. The molecule has 0 amide bonds. The third-order valence-electron chi connectivity index (χ3n) is 3.99. The minimum atomic E-state index is -3.12. The van der Waals surface area contributed by atoms with Crippen LogP contribution in [0.3, 0.4) is 0 Å². The number of rotatable bonds is 21. The maximum Gasteiger partial charge on any atom is 0.330 e. The van der Waals surface area contributed by atoms with Crippen LogP contribution < -0.4 is 0 Å². The third-order valence-corrected chi connectivity index (χ3v) is 8.33. The average molecular weight is 502 g/mol. The SMILES string of the molecule is CCOP(=O)(CCCOC(=O)CCCCC(=O)OCCCP(=O)(OCC)OCC)OCC. The summed E-state index contributed by atoms with van der Waals surface area (Å²) in [5.41, 5.74) is 0. The summed E-state index contributed by atoms with van der Waals surface area (Å²) in [4.78, 5) is 23.5. The molecule has 0 aromatic carbocycles. The van der Waals surface area contributed by atoms with E-state index in [9.17, 15) is 18.7 Å². The molecule has 0 aliphatic heterocycles. The number of hydrogen-bond acceptors (Lipinski definition) is 10. The smallest absolute Gasteiger partial charge is 0.330 e. The molecule has 0 radical (unpaired) electrons. The Labute approximate surface area is 192 Å². The molecule has 12 heteroatoms. The first-order chi connectivity index (χ1) is 15.2. The first kappa shape index (κ1) is 31.2. The van der Waals surface area contributed by atoms with Crippen LogP contribution in [-0.4, -0.2) is 63.9 Å². The summed E-state index contributed by atoms with van der Waals surface area (Å²) in [6.07, 6.45) is 2.52. The van der Waals surface area contributed by atoms with Crippen molar-refractivity contribution in [1.82, 2.24) is 0 Å². The normalized spacial score (nSPS) is 12.0. The monoisotopic (exact) mass is 502 g/mol. The zero-order valence-electron chi connectivity index (χ0n) is 19.9. The van der Waals surface area contributed by atoms with Crippen molar-refractivity contribution in [3.63, 3.8) is 0 Å². The van der Waals surface area contributed by atoms with Crippen LogP contribution in [0.5, 0.6) is 0 Å². The highest BCUT2D eigenvalue weighted by Gasteiger charge is 2.23. The number of hydrogen-bond donors (Lipinski definition) is 0. The Hall–Kier alpha value is -0.760. The van der Waals surface area contributed by atoms with Crippen LogP contribution in [0.1, 0.15) is 66.2 Å². The summed E-state index contributed by atoms with van der Waals surface area (Å²) < 4.78 is 55.5. The van der Waals surface area contributed by atoms with E-state index in [1.807, 2.05) is 0 Å². The number of esters is 2. The molecule has 0 bridgehead atoms. The molecular formula is C20H40O10P2. The zero-order chi connectivity index (χ0) is 24.3. The molecule has 0 saturated carbocycles. The summed E-state index contributed by atoms with van der Waals surface area (Å²) in [6.45, 7) is 8.41. The molecule has 0 aromatic rings. The van der Waals surface area contributed by atoms with Gasteiger partial charge in [0, 0.05) is 12.8 Å². The Morgan fingerprint density at radius 1 is 0.562 bits per heavy atom. The molecule has 0 aliphatic rings. The highest BCUT2D eigenvalue weighted by Crippen LogP contribution is 2.49. The van der Waals surface area contributed by atoms with Crippen molar-refractivity contribution in [1.29, 1.82) is 0 Å². The predicted octanol–water partition coefficient (Wildman–Crippen LogP) is 4.95. The Bertz CT molecular complexity index is 539. The highest BCUT2D eigenvalue weighted by atomic mass is 31.2. The van der Waals surface area contributed by atoms with Crippen LogP contribution in [0, 0.1) is 0 Å². The van der Waals surface area contributed by atoms with Gasteiger partial charge >= 0.3 is 27.1 Å². The van der Waals surface area contributed by atoms with Gasteiger partial charge < -0.3 is 27.6 Å². The van der Waals surface area contributed by atoms with Gasteiger partial charge in [-0.1, -0.05) is 0 Å². The first-order valence-corrected chi connectivity index (χ1v) is 14.8. The number of unbranched alkanes of at least 4 members (excludes halogenated alkanes) is 1. The average Bonchev–Trinajstić information content (AvgIpc) is 2.73. The van der Waals surface area contributed by atoms with Gasteiger partial charge in [0.15, 0.2) is 0 Å². The van der Waals surface area contributed by atoms with E-state index in [2.05, 4.69) is 0 Å². The van der Waals surface area contributed by atoms with Crippen molar-refractivity contribution in [2.24, 2.45) is 0 Å². The number of carbonyl (C=O) groups excluding carboxylic acids is 2. The Morgan fingerprint density at radius 2 is 0.875 bits per heavy atom. The van der Waals surface area contributed by atoms with Crippen molar-refractivity contribution >= 4 is 27.1 Å². The van der Waals surface area contributed by atoms with Crippen LogP contribution in [0.4, 0.5) is 0 Å². The molecule has 0 saturated heterocycles. The van der Waals surface area contributed by atoms with E-state index in [1.54, 1.807) is 27.7 Å². The maximum absolute atomic E-state index is 12.3. The highest BCUT2D eigenvalue weighted by molar-refractivity contribution is 7.54. The van der Waals surface area contributed by atoms with Crippen LogP contribution in [-0.2, 0) is 46.3 Å². The molecule has 0 N–H and O–H groups in total. The molecule has 0 aliphatic carbocycles. The van der Waals surface area contributed by atoms with Gasteiger partial charge in [-0.15, -0.1) is 0 Å². The van der Waals surface area contributed by atoms with Crippen molar-refractivity contribution in [2.75, 3.05) is 52.0 Å².